The van der Waals surface area contributed by atoms with Gasteiger partial charge in [0.1, 0.15) is 5.69 Å². The third-order valence-corrected chi connectivity index (χ3v) is 5.02. The maximum Gasteiger partial charge on any atom is 0.272 e. The van der Waals surface area contributed by atoms with Gasteiger partial charge in [0.05, 0.1) is 0 Å². The van der Waals surface area contributed by atoms with E-state index in [0.717, 1.165) is 31.5 Å². The zero-order valence-electron chi connectivity index (χ0n) is 15.1. The van der Waals surface area contributed by atoms with Crippen LogP contribution >= 0.6 is 0 Å². The van der Waals surface area contributed by atoms with Crippen molar-refractivity contribution >= 4 is 11.6 Å². The Bertz CT molecular complexity index is 701. The summed E-state index contributed by atoms with van der Waals surface area (Å²) in [7, 11) is 0. The summed E-state index contributed by atoms with van der Waals surface area (Å²) in [5.41, 5.74) is 2.68. The summed E-state index contributed by atoms with van der Waals surface area (Å²) in [6.07, 6.45) is 6.13. The Hall–Kier alpha value is -2.36. The monoisotopic (exact) mass is 337 g/mol. The first-order chi connectivity index (χ1) is 12.2. The van der Waals surface area contributed by atoms with Gasteiger partial charge in [-0.15, -0.1) is 0 Å². The van der Waals surface area contributed by atoms with Crippen LogP contribution in [0, 0.1) is 0 Å². The van der Waals surface area contributed by atoms with E-state index < -0.39 is 0 Å². The van der Waals surface area contributed by atoms with Crippen molar-refractivity contribution in [3.05, 3.63) is 59.9 Å². The second-order valence-corrected chi connectivity index (χ2v) is 6.76. The molecule has 0 spiro atoms. The molecule has 1 saturated heterocycles. The van der Waals surface area contributed by atoms with E-state index in [0.29, 0.717) is 11.7 Å². The number of nitrogens with one attached hydrogen (secondary N) is 1. The molecule has 0 aliphatic carbocycles. The number of carbonyl (C=O) groups excluding carboxylic acids is 1. The summed E-state index contributed by atoms with van der Waals surface area (Å²) in [6, 6.07) is 14.6. The molecule has 132 valence electrons. The van der Waals surface area contributed by atoms with Crippen molar-refractivity contribution in [2.45, 2.75) is 51.6 Å². The minimum atomic E-state index is 0.0579. The highest BCUT2D eigenvalue weighted by Crippen LogP contribution is 2.23. The first-order valence-corrected chi connectivity index (χ1v) is 9.27. The fourth-order valence-electron chi connectivity index (χ4n) is 3.55. The quantitative estimate of drug-likeness (QED) is 0.863. The van der Waals surface area contributed by atoms with Gasteiger partial charge in [-0.1, -0.05) is 37.3 Å². The van der Waals surface area contributed by atoms with Gasteiger partial charge in [0.2, 0.25) is 0 Å². The lowest BCUT2D eigenvalue weighted by Gasteiger charge is -2.35. The molecule has 1 amide bonds. The first kappa shape index (κ1) is 17.5. The van der Waals surface area contributed by atoms with Gasteiger partial charge in [0, 0.05) is 30.5 Å². The maximum atomic E-state index is 12.9. The van der Waals surface area contributed by atoms with Crippen molar-refractivity contribution < 1.29 is 4.79 Å². The lowest BCUT2D eigenvalue weighted by molar-refractivity contribution is 0.0602. The third-order valence-electron chi connectivity index (χ3n) is 5.02. The molecule has 1 aromatic heterocycles. The minimum Gasteiger partial charge on any atom is -0.378 e. The number of anilines is 1. The van der Waals surface area contributed by atoms with E-state index in [1.807, 2.05) is 35.2 Å². The molecule has 1 aliphatic rings. The summed E-state index contributed by atoms with van der Waals surface area (Å²) in [5, 5.41) is 3.47. The molecule has 0 bridgehead atoms. The van der Waals surface area contributed by atoms with E-state index in [1.54, 1.807) is 6.20 Å². The largest absolute Gasteiger partial charge is 0.378 e. The number of piperidine rings is 1. The van der Waals surface area contributed by atoms with Gasteiger partial charge >= 0.3 is 0 Å². The van der Waals surface area contributed by atoms with Crippen LogP contribution in [0.1, 0.15) is 61.6 Å². The Labute approximate surface area is 150 Å². The van der Waals surface area contributed by atoms with E-state index >= 15 is 0 Å². The van der Waals surface area contributed by atoms with Crippen LogP contribution in [0.25, 0.3) is 0 Å². The Morgan fingerprint density at radius 3 is 2.84 bits per heavy atom. The second kappa shape index (κ2) is 8.15. The Kier molecular flexibility index (Phi) is 5.69. The number of amides is 1. The summed E-state index contributed by atoms with van der Waals surface area (Å²) in [6.45, 7) is 5.12. The van der Waals surface area contributed by atoms with Crippen molar-refractivity contribution in [2.75, 3.05) is 11.9 Å². The van der Waals surface area contributed by atoms with E-state index in [9.17, 15) is 4.79 Å². The molecule has 2 atom stereocenters. The lowest BCUT2D eigenvalue weighted by Crippen LogP contribution is -2.43. The predicted octanol–water partition coefficient (Wildman–Crippen LogP) is 4.66. The number of nitrogens with zero attached hydrogens (tertiary/aromatic N) is 2. The number of hydrogen-bond donors (Lipinski definition) is 1. The van der Waals surface area contributed by atoms with Gasteiger partial charge < -0.3 is 10.2 Å². The third kappa shape index (κ3) is 4.19. The molecule has 25 heavy (non-hydrogen) atoms. The first-order valence-electron chi connectivity index (χ1n) is 9.27. The van der Waals surface area contributed by atoms with Gasteiger partial charge in [-0.05, 0) is 50.3 Å². The van der Waals surface area contributed by atoms with E-state index in [4.69, 9.17) is 0 Å². The number of carbonyl (C=O) groups is 1. The number of hydrogen-bond acceptors (Lipinski definition) is 3. The zero-order valence-corrected chi connectivity index (χ0v) is 15.1. The van der Waals surface area contributed by atoms with Crippen molar-refractivity contribution in [3.8, 4) is 0 Å². The minimum absolute atomic E-state index is 0.0579. The van der Waals surface area contributed by atoms with Crippen molar-refractivity contribution in [3.63, 3.8) is 0 Å². The number of likely N-dealkylation sites (tertiary alicyclic amines) is 1. The number of benzene rings is 1. The van der Waals surface area contributed by atoms with Crippen LogP contribution in [0.15, 0.2) is 48.7 Å². The molecule has 4 heteroatoms. The van der Waals surface area contributed by atoms with Gasteiger partial charge in [-0.2, -0.15) is 0 Å². The predicted molar refractivity (Wildman–Crippen MR) is 102 cm³/mol. The van der Waals surface area contributed by atoms with Crippen molar-refractivity contribution in [1.82, 2.24) is 9.88 Å². The molecule has 2 heterocycles. The normalized spacial score (nSPS) is 18.6. The molecule has 1 fully saturated rings. The lowest BCUT2D eigenvalue weighted by atomic mass is 9.99. The molecule has 2 unspecified atom stereocenters. The van der Waals surface area contributed by atoms with Crippen molar-refractivity contribution in [2.24, 2.45) is 0 Å². The van der Waals surface area contributed by atoms with Crippen LogP contribution < -0.4 is 5.32 Å². The number of rotatable bonds is 5. The topological polar surface area (TPSA) is 45.2 Å². The molecule has 0 saturated carbocycles. The van der Waals surface area contributed by atoms with Gasteiger partial charge in [0.15, 0.2) is 0 Å². The summed E-state index contributed by atoms with van der Waals surface area (Å²) in [4.78, 5) is 19.3. The second-order valence-electron chi connectivity index (χ2n) is 6.76. The van der Waals surface area contributed by atoms with E-state index in [-0.39, 0.29) is 11.9 Å². The molecule has 1 aliphatic heterocycles. The van der Waals surface area contributed by atoms with Gasteiger partial charge in [-0.3, -0.25) is 9.78 Å². The molecule has 2 aromatic rings. The Morgan fingerprint density at radius 2 is 2.08 bits per heavy atom. The summed E-state index contributed by atoms with van der Waals surface area (Å²) < 4.78 is 0. The van der Waals surface area contributed by atoms with Crippen LogP contribution in [0.4, 0.5) is 5.69 Å². The highest BCUT2D eigenvalue weighted by atomic mass is 16.2. The SMILES string of the molecule is CCC1CCCCN1C(=O)c1cc(NC(C)c2ccccc2)ccn1. The fraction of sp³-hybridized carbons (Fsp3) is 0.429. The maximum absolute atomic E-state index is 12.9. The Balaban J connectivity index is 1.73. The molecule has 1 N–H and O–H groups in total. The summed E-state index contributed by atoms with van der Waals surface area (Å²) in [5.74, 6) is 0.0579. The number of pyridine rings is 1. The van der Waals surface area contributed by atoms with Crippen LogP contribution in [0.5, 0.6) is 0 Å². The van der Waals surface area contributed by atoms with Crippen LogP contribution in [-0.2, 0) is 0 Å². The molecule has 1 aromatic carbocycles. The van der Waals surface area contributed by atoms with Gasteiger partial charge in [-0.25, -0.2) is 0 Å². The number of aromatic nitrogens is 1. The molecule has 4 nitrogen and oxygen atoms in total. The standard InChI is InChI=1S/C21H27N3O/c1-3-19-11-7-8-14-24(19)21(25)20-15-18(12-13-22-20)23-16(2)17-9-5-4-6-10-17/h4-6,9-10,12-13,15-16,19H,3,7-8,11,14H2,1-2H3,(H,22,23). The molecular formula is C21H27N3O. The van der Waals surface area contributed by atoms with Crippen LogP contribution in [-0.4, -0.2) is 28.4 Å². The van der Waals surface area contributed by atoms with E-state index in [2.05, 4.69) is 36.3 Å². The zero-order chi connectivity index (χ0) is 17.6. The van der Waals surface area contributed by atoms with Crippen LogP contribution in [0.3, 0.4) is 0 Å². The molecular weight excluding hydrogens is 310 g/mol. The fourth-order valence-corrected chi connectivity index (χ4v) is 3.55. The Morgan fingerprint density at radius 1 is 1.28 bits per heavy atom. The molecule has 3 rings (SSSR count). The van der Waals surface area contributed by atoms with Gasteiger partial charge in [0.25, 0.3) is 5.91 Å². The van der Waals surface area contributed by atoms with E-state index in [1.165, 1.54) is 12.0 Å². The smallest absolute Gasteiger partial charge is 0.272 e. The average molecular weight is 337 g/mol. The highest BCUT2D eigenvalue weighted by Gasteiger charge is 2.27. The highest BCUT2D eigenvalue weighted by molar-refractivity contribution is 5.93. The summed E-state index contributed by atoms with van der Waals surface area (Å²) >= 11 is 0. The van der Waals surface area contributed by atoms with Crippen LogP contribution in [0.2, 0.25) is 0 Å². The van der Waals surface area contributed by atoms with Crippen molar-refractivity contribution in [1.29, 1.82) is 0 Å². The average Bonchev–Trinajstić information content (AvgIpc) is 2.68. The molecule has 0 radical (unpaired) electrons.